The molecule has 0 radical (unpaired) electrons. The molecule has 0 N–H and O–H groups in total. The molecule has 6 nitrogen and oxygen atoms in total. The van der Waals surface area contributed by atoms with Crippen LogP contribution in [0.2, 0.25) is 5.02 Å². The first kappa shape index (κ1) is 14.1. The number of carbonyl (C=O) groups is 1. The standard InChI is InChI=1S/C14H17ClN4O2/c1-9-16-13(21-17-9)10-4-3-5-19(7-10)14(20)12-6-11(15)8-18(12)2/h6,8,10H,3-5,7H2,1-2H3/t10-/m1/s1. The van der Waals surface area contributed by atoms with Crippen molar-refractivity contribution in [3.05, 3.63) is 34.7 Å². The lowest BCUT2D eigenvalue weighted by Gasteiger charge is -2.31. The smallest absolute Gasteiger partial charge is 0.270 e. The molecule has 1 saturated heterocycles. The van der Waals surface area contributed by atoms with Crippen molar-refractivity contribution in [1.82, 2.24) is 19.6 Å². The Morgan fingerprint density at radius 1 is 1.52 bits per heavy atom. The fraction of sp³-hybridized carbons (Fsp3) is 0.500. The molecule has 2 aromatic rings. The van der Waals surface area contributed by atoms with Crippen LogP contribution in [0.4, 0.5) is 0 Å². The Balaban J connectivity index is 1.77. The first-order chi connectivity index (χ1) is 10.0. The van der Waals surface area contributed by atoms with Gasteiger partial charge < -0.3 is 14.0 Å². The zero-order chi connectivity index (χ0) is 15.0. The number of piperidine rings is 1. The molecule has 1 amide bonds. The van der Waals surface area contributed by atoms with Gasteiger partial charge in [0.1, 0.15) is 5.69 Å². The normalized spacial score (nSPS) is 19.0. The summed E-state index contributed by atoms with van der Waals surface area (Å²) in [5.41, 5.74) is 0.599. The largest absolute Gasteiger partial charge is 0.345 e. The van der Waals surface area contributed by atoms with Crippen molar-refractivity contribution in [3.8, 4) is 0 Å². The molecule has 7 heteroatoms. The minimum atomic E-state index is -0.00895. The van der Waals surface area contributed by atoms with Gasteiger partial charge in [-0.15, -0.1) is 0 Å². The number of amides is 1. The van der Waals surface area contributed by atoms with Crippen molar-refractivity contribution in [2.24, 2.45) is 7.05 Å². The monoisotopic (exact) mass is 308 g/mol. The van der Waals surface area contributed by atoms with Gasteiger partial charge in [-0.25, -0.2) is 0 Å². The number of carbonyl (C=O) groups excluding carboxylic acids is 1. The van der Waals surface area contributed by atoms with Crippen LogP contribution in [-0.2, 0) is 7.05 Å². The summed E-state index contributed by atoms with van der Waals surface area (Å²) in [6.07, 6.45) is 3.62. The van der Waals surface area contributed by atoms with Crippen LogP contribution in [0.1, 0.15) is 41.0 Å². The predicted octanol–water partition coefficient (Wildman–Crippen LogP) is 2.39. The third-order valence-electron chi connectivity index (χ3n) is 3.79. The lowest BCUT2D eigenvalue weighted by atomic mass is 9.97. The average molecular weight is 309 g/mol. The Bertz CT molecular complexity index is 664. The number of rotatable bonds is 2. The topological polar surface area (TPSA) is 64.2 Å². The van der Waals surface area contributed by atoms with Gasteiger partial charge >= 0.3 is 0 Å². The fourth-order valence-corrected chi connectivity index (χ4v) is 2.99. The summed E-state index contributed by atoms with van der Waals surface area (Å²) in [6.45, 7) is 3.14. The summed E-state index contributed by atoms with van der Waals surface area (Å²) in [5, 5.41) is 4.40. The molecule has 0 saturated carbocycles. The zero-order valence-corrected chi connectivity index (χ0v) is 12.8. The molecular weight excluding hydrogens is 292 g/mol. The van der Waals surface area contributed by atoms with E-state index in [1.54, 1.807) is 23.8 Å². The van der Waals surface area contributed by atoms with Crippen LogP contribution in [0.15, 0.2) is 16.8 Å². The van der Waals surface area contributed by atoms with E-state index in [1.807, 2.05) is 11.9 Å². The van der Waals surface area contributed by atoms with E-state index in [0.29, 0.717) is 29.0 Å². The Labute approximate surface area is 127 Å². The van der Waals surface area contributed by atoms with Crippen molar-refractivity contribution in [1.29, 1.82) is 0 Å². The van der Waals surface area contributed by atoms with Crippen LogP contribution >= 0.6 is 11.6 Å². The van der Waals surface area contributed by atoms with Crippen LogP contribution in [0.3, 0.4) is 0 Å². The molecule has 0 aromatic carbocycles. The maximum Gasteiger partial charge on any atom is 0.270 e. The average Bonchev–Trinajstić information content (AvgIpc) is 3.04. The zero-order valence-electron chi connectivity index (χ0n) is 12.0. The van der Waals surface area contributed by atoms with E-state index in [4.69, 9.17) is 16.1 Å². The number of nitrogens with zero attached hydrogens (tertiary/aromatic N) is 4. The first-order valence-electron chi connectivity index (χ1n) is 6.96. The van der Waals surface area contributed by atoms with Crippen LogP contribution < -0.4 is 0 Å². The number of likely N-dealkylation sites (tertiary alicyclic amines) is 1. The Morgan fingerprint density at radius 3 is 2.95 bits per heavy atom. The number of halogens is 1. The summed E-state index contributed by atoms with van der Waals surface area (Å²) >= 11 is 5.95. The summed E-state index contributed by atoms with van der Waals surface area (Å²) in [4.78, 5) is 18.7. The molecule has 0 unspecified atom stereocenters. The predicted molar refractivity (Wildman–Crippen MR) is 77.3 cm³/mol. The molecule has 0 bridgehead atoms. The van der Waals surface area contributed by atoms with E-state index in [1.165, 1.54) is 0 Å². The Hall–Kier alpha value is -1.82. The number of aryl methyl sites for hydroxylation is 2. The van der Waals surface area contributed by atoms with Crippen LogP contribution in [0.25, 0.3) is 0 Å². The molecule has 1 atom stereocenters. The van der Waals surface area contributed by atoms with Crippen molar-refractivity contribution in [2.45, 2.75) is 25.7 Å². The van der Waals surface area contributed by atoms with Crippen molar-refractivity contribution < 1.29 is 9.32 Å². The Kier molecular flexibility index (Phi) is 3.71. The molecule has 1 aliphatic heterocycles. The van der Waals surface area contributed by atoms with Gasteiger partial charge in [0.05, 0.1) is 10.9 Å². The molecule has 2 aromatic heterocycles. The van der Waals surface area contributed by atoms with E-state index >= 15 is 0 Å². The van der Waals surface area contributed by atoms with Crippen LogP contribution in [0, 0.1) is 6.92 Å². The van der Waals surface area contributed by atoms with Crippen LogP contribution in [0.5, 0.6) is 0 Å². The lowest BCUT2D eigenvalue weighted by molar-refractivity contribution is 0.0686. The second kappa shape index (κ2) is 5.52. The van der Waals surface area contributed by atoms with E-state index < -0.39 is 0 Å². The maximum absolute atomic E-state index is 12.6. The molecule has 21 heavy (non-hydrogen) atoms. The summed E-state index contributed by atoms with van der Waals surface area (Å²) in [7, 11) is 1.82. The third kappa shape index (κ3) is 2.81. The van der Waals surface area contributed by atoms with Gasteiger partial charge in [-0.05, 0) is 25.8 Å². The molecule has 0 spiro atoms. The molecule has 3 rings (SSSR count). The molecule has 1 aliphatic rings. The van der Waals surface area contributed by atoms with Gasteiger partial charge in [0.2, 0.25) is 5.89 Å². The molecule has 112 valence electrons. The third-order valence-corrected chi connectivity index (χ3v) is 4.00. The lowest BCUT2D eigenvalue weighted by Crippen LogP contribution is -2.39. The second-order valence-electron chi connectivity index (χ2n) is 5.42. The SMILES string of the molecule is Cc1noc([C@@H]2CCCN(C(=O)c3cc(Cl)cn3C)C2)n1. The van der Waals surface area contributed by atoms with Gasteiger partial charge in [0.15, 0.2) is 5.82 Å². The number of aromatic nitrogens is 3. The van der Waals surface area contributed by atoms with Gasteiger partial charge in [0, 0.05) is 26.3 Å². The van der Waals surface area contributed by atoms with Gasteiger partial charge in [0.25, 0.3) is 5.91 Å². The first-order valence-corrected chi connectivity index (χ1v) is 7.33. The van der Waals surface area contributed by atoms with Crippen molar-refractivity contribution >= 4 is 17.5 Å². The number of hydrogen-bond donors (Lipinski definition) is 0. The minimum absolute atomic E-state index is 0.00895. The van der Waals surface area contributed by atoms with E-state index in [2.05, 4.69) is 10.1 Å². The van der Waals surface area contributed by atoms with E-state index in [9.17, 15) is 4.79 Å². The summed E-state index contributed by atoms with van der Waals surface area (Å²) < 4.78 is 7.00. The summed E-state index contributed by atoms with van der Waals surface area (Å²) in [5.74, 6) is 1.35. The van der Waals surface area contributed by atoms with E-state index in [0.717, 1.165) is 19.4 Å². The van der Waals surface area contributed by atoms with Crippen LogP contribution in [-0.4, -0.2) is 38.6 Å². The van der Waals surface area contributed by atoms with Gasteiger partial charge in [-0.3, -0.25) is 4.79 Å². The molecule has 3 heterocycles. The summed E-state index contributed by atoms with van der Waals surface area (Å²) in [6, 6.07) is 1.70. The van der Waals surface area contributed by atoms with Gasteiger partial charge in [-0.1, -0.05) is 16.8 Å². The van der Waals surface area contributed by atoms with Crippen molar-refractivity contribution in [2.75, 3.05) is 13.1 Å². The minimum Gasteiger partial charge on any atom is -0.345 e. The Morgan fingerprint density at radius 2 is 2.33 bits per heavy atom. The quantitative estimate of drug-likeness (QED) is 0.854. The van der Waals surface area contributed by atoms with Crippen molar-refractivity contribution in [3.63, 3.8) is 0 Å². The molecule has 1 fully saturated rings. The van der Waals surface area contributed by atoms with Gasteiger partial charge in [-0.2, -0.15) is 4.98 Å². The van der Waals surface area contributed by atoms with E-state index in [-0.39, 0.29) is 11.8 Å². The highest BCUT2D eigenvalue weighted by Crippen LogP contribution is 2.27. The molecule has 0 aliphatic carbocycles. The molecular formula is C14H17ClN4O2. The maximum atomic E-state index is 12.6. The highest BCUT2D eigenvalue weighted by molar-refractivity contribution is 6.31. The fourth-order valence-electron chi connectivity index (χ4n) is 2.74. The number of hydrogen-bond acceptors (Lipinski definition) is 4. The second-order valence-corrected chi connectivity index (χ2v) is 5.86. The highest BCUT2D eigenvalue weighted by Gasteiger charge is 2.29. The highest BCUT2D eigenvalue weighted by atomic mass is 35.5.